The van der Waals surface area contributed by atoms with Gasteiger partial charge in [0.15, 0.2) is 0 Å². The van der Waals surface area contributed by atoms with E-state index in [9.17, 15) is 4.79 Å². The van der Waals surface area contributed by atoms with Crippen LogP contribution in [0.25, 0.3) is 6.08 Å². The first-order valence-electron chi connectivity index (χ1n) is 7.99. The quantitative estimate of drug-likeness (QED) is 0.537. The van der Waals surface area contributed by atoms with Crippen LogP contribution in [0.3, 0.4) is 0 Å². The van der Waals surface area contributed by atoms with Gasteiger partial charge in [0.05, 0.1) is 19.8 Å². The van der Waals surface area contributed by atoms with Crippen LogP contribution in [0.5, 0.6) is 5.75 Å². The number of allylic oxidation sites excluding steroid dienone is 2. The van der Waals surface area contributed by atoms with Gasteiger partial charge in [-0.3, -0.25) is 0 Å². The molecule has 0 spiro atoms. The van der Waals surface area contributed by atoms with Crippen LogP contribution in [0, 0.1) is 0 Å². The first kappa shape index (κ1) is 18.4. The fourth-order valence-corrected chi connectivity index (χ4v) is 2.39. The number of carbonyl (C=O) groups is 1. The second-order valence-electron chi connectivity index (χ2n) is 5.46. The third kappa shape index (κ3) is 5.28. The number of methoxy groups -OCH3 is 2. The average molecular weight is 338 g/mol. The Balaban J connectivity index is 2.08. The van der Waals surface area contributed by atoms with Crippen LogP contribution in [0.15, 0.2) is 55.4 Å². The summed E-state index contributed by atoms with van der Waals surface area (Å²) < 4.78 is 9.89. The lowest BCUT2D eigenvalue weighted by Gasteiger charge is -2.11. The van der Waals surface area contributed by atoms with E-state index in [2.05, 4.69) is 27.4 Å². The highest BCUT2D eigenvalue weighted by Crippen LogP contribution is 2.22. The highest BCUT2D eigenvalue weighted by molar-refractivity contribution is 5.88. The van der Waals surface area contributed by atoms with E-state index < -0.39 is 5.97 Å². The molecule has 0 bridgehead atoms. The Labute approximate surface area is 148 Å². The Hall–Kier alpha value is -2.95. The Morgan fingerprint density at radius 1 is 1.24 bits per heavy atom. The van der Waals surface area contributed by atoms with Crippen molar-refractivity contribution in [2.45, 2.75) is 18.8 Å². The Morgan fingerprint density at radius 3 is 2.64 bits per heavy atom. The van der Waals surface area contributed by atoms with Crippen LogP contribution in [0.1, 0.15) is 40.5 Å². The molecule has 130 valence electrons. The van der Waals surface area contributed by atoms with Gasteiger partial charge in [-0.2, -0.15) is 0 Å². The fourth-order valence-electron chi connectivity index (χ4n) is 2.39. The zero-order valence-corrected chi connectivity index (χ0v) is 14.5. The van der Waals surface area contributed by atoms with Gasteiger partial charge in [-0.1, -0.05) is 30.4 Å². The standard InChI is InChI=1S/C20H22N2O3/c1-4-7-16(19-21-13-17(14-22-19)20(23)25-3)10-5-8-15-9-6-11-18(12-15)24-2/h4-6,8-9,11-14,16H,1,7,10H2,2-3H3. The zero-order chi connectivity index (χ0) is 18.1. The van der Waals surface area contributed by atoms with Gasteiger partial charge in [-0.25, -0.2) is 14.8 Å². The monoisotopic (exact) mass is 338 g/mol. The number of nitrogens with zero attached hydrogens (tertiary/aromatic N) is 2. The van der Waals surface area contributed by atoms with Crippen molar-refractivity contribution in [3.05, 3.63) is 72.3 Å². The highest BCUT2D eigenvalue weighted by atomic mass is 16.5. The number of esters is 1. The van der Waals surface area contributed by atoms with Crippen molar-refractivity contribution >= 4 is 12.0 Å². The predicted octanol–water partition coefficient (Wildman–Crippen LogP) is 4.04. The molecule has 0 fully saturated rings. The van der Waals surface area contributed by atoms with Crippen LogP contribution in [-0.2, 0) is 4.74 Å². The third-order valence-corrected chi connectivity index (χ3v) is 3.73. The highest BCUT2D eigenvalue weighted by Gasteiger charge is 2.13. The molecule has 0 N–H and O–H groups in total. The maximum atomic E-state index is 11.5. The summed E-state index contributed by atoms with van der Waals surface area (Å²) in [5.41, 5.74) is 1.41. The van der Waals surface area contributed by atoms with Crippen molar-refractivity contribution in [3.63, 3.8) is 0 Å². The number of ether oxygens (including phenoxy) is 2. The van der Waals surface area contributed by atoms with Crippen molar-refractivity contribution < 1.29 is 14.3 Å². The van der Waals surface area contributed by atoms with E-state index in [1.165, 1.54) is 19.5 Å². The molecule has 0 saturated heterocycles. The van der Waals surface area contributed by atoms with Crippen molar-refractivity contribution in [1.82, 2.24) is 9.97 Å². The molecule has 0 amide bonds. The molecule has 1 aromatic carbocycles. The number of aromatic nitrogens is 2. The molecule has 1 atom stereocenters. The van der Waals surface area contributed by atoms with Gasteiger partial charge >= 0.3 is 5.97 Å². The molecule has 2 rings (SSSR count). The van der Waals surface area contributed by atoms with Gasteiger partial charge in [-0.15, -0.1) is 6.58 Å². The van der Waals surface area contributed by atoms with Gasteiger partial charge < -0.3 is 9.47 Å². The van der Waals surface area contributed by atoms with Crippen molar-refractivity contribution in [1.29, 1.82) is 0 Å². The van der Waals surface area contributed by atoms with Gasteiger partial charge in [0.2, 0.25) is 0 Å². The molecule has 0 aliphatic heterocycles. The molecule has 2 aromatic rings. The summed E-state index contributed by atoms with van der Waals surface area (Å²) in [5.74, 6) is 1.17. The van der Waals surface area contributed by atoms with Crippen molar-refractivity contribution in [2.75, 3.05) is 14.2 Å². The van der Waals surface area contributed by atoms with Crippen LogP contribution in [0.4, 0.5) is 0 Å². The van der Waals surface area contributed by atoms with E-state index in [0.717, 1.165) is 24.2 Å². The van der Waals surface area contributed by atoms with Crippen molar-refractivity contribution in [3.8, 4) is 5.75 Å². The molecule has 1 aromatic heterocycles. The minimum atomic E-state index is -0.440. The lowest BCUT2D eigenvalue weighted by molar-refractivity contribution is 0.0599. The second-order valence-corrected chi connectivity index (χ2v) is 5.46. The smallest absolute Gasteiger partial charge is 0.341 e. The summed E-state index contributed by atoms with van der Waals surface area (Å²) in [5, 5.41) is 0. The molecule has 25 heavy (non-hydrogen) atoms. The summed E-state index contributed by atoms with van der Waals surface area (Å²) in [6.07, 6.45) is 10.5. The molecule has 5 heteroatoms. The number of hydrogen-bond donors (Lipinski definition) is 0. The number of carbonyl (C=O) groups excluding carboxylic acids is 1. The number of hydrogen-bond acceptors (Lipinski definition) is 5. The maximum absolute atomic E-state index is 11.5. The molecular formula is C20H22N2O3. The maximum Gasteiger partial charge on any atom is 0.341 e. The third-order valence-electron chi connectivity index (χ3n) is 3.73. The van der Waals surface area contributed by atoms with Gasteiger partial charge in [0.25, 0.3) is 0 Å². The molecule has 0 radical (unpaired) electrons. The molecule has 0 saturated carbocycles. The largest absolute Gasteiger partial charge is 0.497 e. The van der Waals surface area contributed by atoms with Crippen LogP contribution >= 0.6 is 0 Å². The SMILES string of the molecule is C=CCC(CC=Cc1cccc(OC)c1)c1ncc(C(=O)OC)cn1. The lowest BCUT2D eigenvalue weighted by Crippen LogP contribution is -2.07. The first-order chi connectivity index (χ1) is 12.2. The molecule has 1 unspecified atom stereocenters. The summed E-state index contributed by atoms with van der Waals surface area (Å²) in [6, 6.07) is 7.85. The Kier molecular flexibility index (Phi) is 6.89. The Morgan fingerprint density at radius 2 is 2.00 bits per heavy atom. The summed E-state index contributed by atoms with van der Waals surface area (Å²) in [4.78, 5) is 20.1. The van der Waals surface area contributed by atoms with Crippen LogP contribution in [-0.4, -0.2) is 30.2 Å². The average Bonchev–Trinajstić information content (AvgIpc) is 2.67. The van der Waals surface area contributed by atoms with Crippen molar-refractivity contribution in [2.24, 2.45) is 0 Å². The molecule has 0 aliphatic rings. The normalized spacial score (nSPS) is 11.9. The summed E-state index contributed by atoms with van der Waals surface area (Å²) in [6.45, 7) is 3.80. The minimum absolute atomic E-state index is 0.103. The Bertz CT molecular complexity index is 739. The lowest BCUT2D eigenvalue weighted by atomic mass is 9.99. The second kappa shape index (κ2) is 9.37. The van der Waals surface area contributed by atoms with Gasteiger partial charge in [-0.05, 0) is 30.5 Å². The molecule has 5 nitrogen and oxygen atoms in total. The van der Waals surface area contributed by atoms with E-state index in [1.807, 2.05) is 36.4 Å². The minimum Gasteiger partial charge on any atom is -0.497 e. The van der Waals surface area contributed by atoms with Gasteiger partial charge in [0, 0.05) is 18.3 Å². The van der Waals surface area contributed by atoms with Gasteiger partial charge in [0.1, 0.15) is 11.6 Å². The molecule has 1 heterocycles. The molecule has 0 aliphatic carbocycles. The predicted molar refractivity (Wildman–Crippen MR) is 97.6 cm³/mol. The van der Waals surface area contributed by atoms with E-state index in [0.29, 0.717) is 11.4 Å². The first-order valence-corrected chi connectivity index (χ1v) is 7.99. The summed E-state index contributed by atoms with van der Waals surface area (Å²) in [7, 11) is 2.98. The number of benzene rings is 1. The number of rotatable bonds is 8. The summed E-state index contributed by atoms with van der Waals surface area (Å²) >= 11 is 0. The van der Waals surface area contributed by atoms with Crippen LogP contribution < -0.4 is 4.74 Å². The van der Waals surface area contributed by atoms with E-state index in [-0.39, 0.29) is 5.92 Å². The van der Waals surface area contributed by atoms with E-state index in [1.54, 1.807) is 7.11 Å². The fraction of sp³-hybridized carbons (Fsp3) is 0.250. The zero-order valence-electron chi connectivity index (χ0n) is 14.5. The van der Waals surface area contributed by atoms with Crippen LogP contribution in [0.2, 0.25) is 0 Å². The van der Waals surface area contributed by atoms with E-state index in [4.69, 9.17) is 4.74 Å². The van der Waals surface area contributed by atoms with E-state index >= 15 is 0 Å². The molecular weight excluding hydrogens is 316 g/mol. The topological polar surface area (TPSA) is 61.3 Å².